The maximum Gasteiger partial charge on any atom is 0.110 e. The van der Waals surface area contributed by atoms with Crippen LogP contribution in [0, 0.1) is 11.3 Å². The lowest BCUT2D eigenvalue weighted by atomic mass is 10.2. The molecule has 3 atom stereocenters. The number of rotatable bonds is 4. The highest BCUT2D eigenvalue weighted by atomic mass is 16.6. The summed E-state index contributed by atoms with van der Waals surface area (Å²) in [5, 5.41) is 8.44. The molecule has 0 bridgehead atoms. The van der Waals surface area contributed by atoms with Crippen LogP contribution in [-0.2, 0) is 14.2 Å². The van der Waals surface area contributed by atoms with Crippen molar-refractivity contribution in [3.63, 3.8) is 0 Å². The van der Waals surface area contributed by atoms with E-state index in [1.807, 2.05) is 6.92 Å². The van der Waals surface area contributed by atoms with Crippen LogP contribution in [-0.4, -0.2) is 38.6 Å². The van der Waals surface area contributed by atoms with Gasteiger partial charge in [0, 0.05) is 7.11 Å². The SMILES string of the molecule is COC1COCC1OC(C)CC#N. The minimum atomic E-state index is -0.0469. The lowest BCUT2D eigenvalue weighted by Crippen LogP contribution is -2.31. The van der Waals surface area contributed by atoms with Gasteiger partial charge in [-0.3, -0.25) is 0 Å². The van der Waals surface area contributed by atoms with Gasteiger partial charge in [0.1, 0.15) is 12.2 Å². The molecule has 3 unspecified atom stereocenters. The molecule has 1 fully saturated rings. The molecule has 0 radical (unpaired) electrons. The summed E-state index contributed by atoms with van der Waals surface area (Å²) in [7, 11) is 1.64. The first-order valence-electron chi connectivity index (χ1n) is 4.41. The standard InChI is InChI=1S/C9H15NO3/c1-7(3-4-10)13-9-6-12-5-8(9)11-2/h7-9H,3,5-6H2,1-2H3. The normalized spacial score (nSPS) is 29.9. The third-order valence-electron chi connectivity index (χ3n) is 2.07. The number of methoxy groups -OCH3 is 1. The van der Waals surface area contributed by atoms with Crippen molar-refractivity contribution in [2.45, 2.75) is 31.7 Å². The summed E-state index contributed by atoms with van der Waals surface area (Å²) in [6.45, 7) is 3.03. The van der Waals surface area contributed by atoms with Gasteiger partial charge in [-0.1, -0.05) is 0 Å². The molecular formula is C9H15NO3. The average molecular weight is 185 g/mol. The summed E-state index contributed by atoms with van der Waals surface area (Å²) >= 11 is 0. The molecule has 1 rings (SSSR count). The topological polar surface area (TPSA) is 51.5 Å². The van der Waals surface area contributed by atoms with Gasteiger partial charge in [0.25, 0.3) is 0 Å². The molecule has 0 amide bonds. The minimum absolute atomic E-state index is 0.0149. The molecular weight excluding hydrogens is 170 g/mol. The summed E-state index contributed by atoms with van der Waals surface area (Å²) in [6.07, 6.45) is 0.358. The number of ether oxygens (including phenoxy) is 3. The van der Waals surface area contributed by atoms with Crippen LogP contribution in [0.1, 0.15) is 13.3 Å². The quantitative estimate of drug-likeness (QED) is 0.647. The van der Waals surface area contributed by atoms with Crippen LogP contribution in [0.3, 0.4) is 0 Å². The van der Waals surface area contributed by atoms with Crippen molar-refractivity contribution in [3.05, 3.63) is 0 Å². The van der Waals surface area contributed by atoms with Crippen LogP contribution in [0.4, 0.5) is 0 Å². The molecule has 1 aliphatic rings. The first-order valence-corrected chi connectivity index (χ1v) is 4.41. The fourth-order valence-electron chi connectivity index (χ4n) is 1.34. The summed E-state index contributed by atoms with van der Waals surface area (Å²) in [6, 6.07) is 2.07. The van der Waals surface area contributed by atoms with E-state index < -0.39 is 0 Å². The van der Waals surface area contributed by atoms with Crippen LogP contribution in [0.2, 0.25) is 0 Å². The van der Waals surface area contributed by atoms with Gasteiger partial charge in [0.2, 0.25) is 0 Å². The Kier molecular flexibility index (Phi) is 4.16. The Bertz CT molecular complexity index is 190. The summed E-state index contributed by atoms with van der Waals surface area (Å²) in [4.78, 5) is 0. The van der Waals surface area contributed by atoms with Gasteiger partial charge in [0.15, 0.2) is 0 Å². The summed E-state index contributed by atoms with van der Waals surface area (Å²) < 4.78 is 16.0. The molecule has 0 aromatic carbocycles. The van der Waals surface area contributed by atoms with E-state index in [0.29, 0.717) is 19.6 Å². The smallest absolute Gasteiger partial charge is 0.110 e. The second-order valence-electron chi connectivity index (χ2n) is 3.16. The molecule has 1 aliphatic heterocycles. The Morgan fingerprint density at radius 2 is 2.23 bits per heavy atom. The van der Waals surface area contributed by atoms with Crippen LogP contribution in [0.25, 0.3) is 0 Å². The monoisotopic (exact) mass is 185 g/mol. The highest BCUT2D eigenvalue weighted by Gasteiger charge is 2.30. The Morgan fingerprint density at radius 3 is 2.85 bits per heavy atom. The molecule has 1 saturated heterocycles. The zero-order valence-corrected chi connectivity index (χ0v) is 8.03. The van der Waals surface area contributed by atoms with Crippen molar-refractivity contribution in [1.29, 1.82) is 5.26 Å². The molecule has 0 aromatic rings. The third kappa shape index (κ3) is 2.96. The first kappa shape index (κ1) is 10.5. The zero-order valence-electron chi connectivity index (χ0n) is 8.03. The average Bonchev–Trinajstić information content (AvgIpc) is 2.52. The molecule has 74 valence electrons. The number of hydrogen-bond donors (Lipinski definition) is 0. The summed E-state index contributed by atoms with van der Waals surface area (Å²) in [5.74, 6) is 0. The number of nitrogens with zero attached hydrogens (tertiary/aromatic N) is 1. The van der Waals surface area contributed by atoms with Gasteiger partial charge in [-0.05, 0) is 6.92 Å². The van der Waals surface area contributed by atoms with E-state index in [2.05, 4.69) is 6.07 Å². The molecule has 4 heteroatoms. The van der Waals surface area contributed by atoms with Crippen molar-refractivity contribution >= 4 is 0 Å². The Hall–Kier alpha value is -0.630. The molecule has 0 spiro atoms. The van der Waals surface area contributed by atoms with Crippen molar-refractivity contribution in [3.8, 4) is 6.07 Å². The fourth-order valence-corrected chi connectivity index (χ4v) is 1.34. The largest absolute Gasteiger partial charge is 0.376 e. The van der Waals surface area contributed by atoms with Gasteiger partial charge in [0.05, 0.1) is 31.8 Å². The van der Waals surface area contributed by atoms with E-state index in [0.717, 1.165) is 0 Å². The molecule has 1 heterocycles. The van der Waals surface area contributed by atoms with Crippen LogP contribution in [0.15, 0.2) is 0 Å². The van der Waals surface area contributed by atoms with Gasteiger partial charge in [-0.2, -0.15) is 5.26 Å². The van der Waals surface area contributed by atoms with Crippen molar-refractivity contribution in [2.24, 2.45) is 0 Å². The Morgan fingerprint density at radius 1 is 1.54 bits per heavy atom. The Labute approximate surface area is 78.4 Å². The highest BCUT2D eigenvalue weighted by Crippen LogP contribution is 2.15. The van der Waals surface area contributed by atoms with Gasteiger partial charge in [-0.15, -0.1) is 0 Å². The van der Waals surface area contributed by atoms with Gasteiger partial charge >= 0.3 is 0 Å². The fraction of sp³-hybridized carbons (Fsp3) is 0.889. The molecule has 0 saturated carbocycles. The lowest BCUT2D eigenvalue weighted by molar-refractivity contribution is -0.0591. The van der Waals surface area contributed by atoms with Crippen LogP contribution in [0.5, 0.6) is 0 Å². The maximum absolute atomic E-state index is 8.44. The van der Waals surface area contributed by atoms with Crippen LogP contribution >= 0.6 is 0 Å². The predicted molar refractivity (Wildman–Crippen MR) is 46.2 cm³/mol. The van der Waals surface area contributed by atoms with Crippen molar-refractivity contribution < 1.29 is 14.2 Å². The summed E-state index contributed by atoms with van der Waals surface area (Å²) in [5.41, 5.74) is 0. The van der Waals surface area contributed by atoms with E-state index in [9.17, 15) is 0 Å². The first-order chi connectivity index (χ1) is 6.27. The zero-order chi connectivity index (χ0) is 9.68. The lowest BCUT2D eigenvalue weighted by Gasteiger charge is -2.19. The van der Waals surface area contributed by atoms with E-state index in [1.165, 1.54) is 0 Å². The van der Waals surface area contributed by atoms with Crippen molar-refractivity contribution in [2.75, 3.05) is 20.3 Å². The maximum atomic E-state index is 8.44. The third-order valence-corrected chi connectivity index (χ3v) is 2.07. The molecule has 0 aromatic heterocycles. The molecule has 0 aliphatic carbocycles. The van der Waals surface area contributed by atoms with E-state index in [-0.39, 0.29) is 18.3 Å². The molecule has 0 N–H and O–H groups in total. The number of nitriles is 1. The second kappa shape index (κ2) is 5.18. The molecule has 13 heavy (non-hydrogen) atoms. The van der Waals surface area contributed by atoms with Gasteiger partial charge < -0.3 is 14.2 Å². The number of hydrogen-bond acceptors (Lipinski definition) is 4. The van der Waals surface area contributed by atoms with Crippen LogP contribution < -0.4 is 0 Å². The van der Waals surface area contributed by atoms with E-state index in [1.54, 1.807) is 7.11 Å². The van der Waals surface area contributed by atoms with E-state index in [4.69, 9.17) is 19.5 Å². The second-order valence-corrected chi connectivity index (χ2v) is 3.16. The van der Waals surface area contributed by atoms with Crippen molar-refractivity contribution in [1.82, 2.24) is 0 Å². The van der Waals surface area contributed by atoms with E-state index >= 15 is 0 Å². The predicted octanol–water partition coefficient (Wildman–Crippen LogP) is 0.719. The minimum Gasteiger partial charge on any atom is -0.376 e. The Balaban J connectivity index is 2.31. The van der Waals surface area contributed by atoms with Gasteiger partial charge in [-0.25, -0.2) is 0 Å². The highest BCUT2D eigenvalue weighted by molar-refractivity contribution is 4.80. The molecule has 4 nitrogen and oxygen atoms in total.